The zero-order chi connectivity index (χ0) is 13.8. The first-order chi connectivity index (χ1) is 8.90. The maximum atomic E-state index is 12.1. The average Bonchev–Trinajstić information content (AvgIpc) is 2.54. The fraction of sp³-hybridized carbons (Fsp3) is 0.400. The molecule has 2 aromatic rings. The normalized spacial score (nSPS) is 17.5. The molecule has 3 rings (SSSR count). The number of nitrogens with one attached hydrogen (secondary N) is 1. The van der Waals surface area contributed by atoms with E-state index in [1.165, 1.54) is 5.56 Å². The second-order valence-corrected chi connectivity index (χ2v) is 5.96. The summed E-state index contributed by atoms with van der Waals surface area (Å²) in [5.74, 6) is 0. The van der Waals surface area contributed by atoms with Crippen LogP contribution >= 0.6 is 0 Å². The first kappa shape index (κ1) is 12.1. The third-order valence-electron chi connectivity index (χ3n) is 3.94. The summed E-state index contributed by atoms with van der Waals surface area (Å²) in [6.07, 6.45) is 0. The number of hydrogen-bond donors (Lipinski definition) is 1. The molecule has 0 amide bonds. The molecule has 0 bridgehead atoms. The van der Waals surface area contributed by atoms with E-state index in [4.69, 9.17) is 0 Å². The Morgan fingerprint density at radius 1 is 1.42 bits per heavy atom. The van der Waals surface area contributed by atoms with Gasteiger partial charge >= 0.3 is 5.69 Å². The lowest BCUT2D eigenvalue weighted by molar-refractivity contribution is 0.143. The highest BCUT2D eigenvalue weighted by Crippen LogP contribution is 2.30. The van der Waals surface area contributed by atoms with E-state index in [2.05, 4.69) is 36.4 Å². The van der Waals surface area contributed by atoms with Crippen molar-refractivity contribution in [3.8, 4) is 0 Å². The van der Waals surface area contributed by atoms with Gasteiger partial charge in [-0.2, -0.15) is 0 Å². The van der Waals surface area contributed by atoms with Crippen molar-refractivity contribution in [3.63, 3.8) is 0 Å². The van der Waals surface area contributed by atoms with E-state index in [0.717, 1.165) is 23.3 Å². The van der Waals surface area contributed by atoms with Crippen molar-refractivity contribution in [1.82, 2.24) is 14.5 Å². The van der Waals surface area contributed by atoms with Crippen molar-refractivity contribution in [3.05, 3.63) is 46.5 Å². The van der Waals surface area contributed by atoms with Gasteiger partial charge in [0.1, 0.15) is 0 Å². The maximum Gasteiger partial charge on any atom is 0.326 e. The summed E-state index contributed by atoms with van der Waals surface area (Å²) in [5, 5.41) is 0. The first-order valence-electron chi connectivity index (χ1n) is 6.54. The molecular formula is C15H19N3O. The van der Waals surface area contributed by atoms with Crippen molar-refractivity contribution < 1.29 is 0 Å². The topological polar surface area (TPSA) is 41.0 Å². The van der Waals surface area contributed by atoms with Gasteiger partial charge in [-0.15, -0.1) is 0 Å². The number of aromatic amines is 1. The number of rotatable bonds is 1. The quantitative estimate of drug-likeness (QED) is 0.852. The third-order valence-corrected chi connectivity index (χ3v) is 3.94. The molecule has 0 unspecified atom stereocenters. The van der Waals surface area contributed by atoms with Crippen LogP contribution in [0.2, 0.25) is 0 Å². The summed E-state index contributed by atoms with van der Waals surface area (Å²) in [6.45, 7) is 11.9. The summed E-state index contributed by atoms with van der Waals surface area (Å²) < 4.78 is 1.85. The largest absolute Gasteiger partial charge is 0.364 e. The van der Waals surface area contributed by atoms with Gasteiger partial charge in [0, 0.05) is 12.2 Å². The van der Waals surface area contributed by atoms with E-state index in [1.54, 1.807) is 0 Å². The number of aromatic nitrogens is 2. The highest BCUT2D eigenvalue weighted by Gasteiger charge is 2.32. The summed E-state index contributed by atoms with van der Waals surface area (Å²) in [6, 6.07) is 6.04. The molecule has 4 heteroatoms. The number of nitrogens with zero attached hydrogens (tertiary/aromatic N) is 2. The van der Waals surface area contributed by atoms with E-state index in [1.807, 2.05) is 23.6 Å². The lowest BCUT2D eigenvalue weighted by Crippen LogP contribution is -2.45. The zero-order valence-corrected chi connectivity index (χ0v) is 11.7. The Hall–Kier alpha value is -1.97. The fourth-order valence-electron chi connectivity index (χ4n) is 3.08. The van der Waals surface area contributed by atoms with Crippen molar-refractivity contribution in [1.29, 1.82) is 0 Å². The molecule has 0 atom stereocenters. The summed E-state index contributed by atoms with van der Waals surface area (Å²) >= 11 is 0. The van der Waals surface area contributed by atoms with Crippen LogP contribution in [0, 0.1) is 0 Å². The van der Waals surface area contributed by atoms with Crippen LogP contribution in [-0.4, -0.2) is 20.0 Å². The summed E-state index contributed by atoms with van der Waals surface area (Å²) in [5.41, 5.74) is 3.99. The van der Waals surface area contributed by atoms with Crippen LogP contribution in [0.1, 0.15) is 26.3 Å². The molecule has 0 radical (unpaired) electrons. The average molecular weight is 257 g/mol. The van der Waals surface area contributed by atoms with Gasteiger partial charge < -0.3 is 9.88 Å². The Morgan fingerprint density at radius 3 is 2.84 bits per heavy atom. The van der Waals surface area contributed by atoms with Crippen LogP contribution in [0.4, 0.5) is 0 Å². The molecular weight excluding hydrogens is 238 g/mol. The molecule has 1 aliphatic rings. The van der Waals surface area contributed by atoms with Crippen molar-refractivity contribution in [2.24, 2.45) is 0 Å². The Kier molecular flexibility index (Phi) is 2.39. The summed E-state index contributed by atoms with van der Waals surface area (Å²) in [4.78, 5) is 17.3. The van der Waals surface area contributed by atoms with E-state index < -0.39 is 0 Å². The lowest BCUT2D eigenvalue weighted by Gasteiger charge is -2.39. The smallest absolute Gasteiger partial charge is 0.326 e. The molecule has 0 saturated heterocycles. The van der Waals surface area contributed by atoms with Gasteiger partial charge in [0.15, 0.2) is 0 Å². The minimum absolute atomic E-state index is 0.0286. The summed E-state index contributed by atoms with van der Waals surface area (Å²) in [7, 11) is 0. The highest BCUT2D eigenvalue weighted by atomic mass is 16.1. The molecule has 19 heavy (non-hydrogen) atoms. The molecule has 0 spiro atoms. The molecule has 0 fully saturated rings. The second kappa shape index (κ2) is 3.76. The van der Waals surface area contributed by atoms with Crippen LogP contribution < -0.4 is 5.69 Å². The lowest BCUT2D eigenvalue weighted by atomic mass is 10.0. The number of para-hydroxylation sites is 1. The Morgan fingerprint density at radius 2 is 2.16 bits per heavy atom. The maximum absolute atomic E-state index is 12.1. The van der Waals surface area contributed by atoms with E-state index in [-0.39, 0.29) is 11.2 Å². The van der Waals surface area contributed by atoms with Crippen LogP contribution in [0.5, 0.6) is 0 Å². The molecule has 4 nitrogen and oxygen atoms in total. The van der Waals surface area contributed by atoms with Crippen molar-refractivity contribution >= 4 is 11.0 Å². The van der Waals surface area contributed by atoms with Gasteiger partial charge in [0.2, 0.25) is 0 Å². The minimum atomic E-state index is -0.135. The van der Waals surface area contributed by atoms with Crippen LogP contribution in [-0.2, 0) is 13.1 Å². The van der Waals surface area contributed by atoms with Gasteiger partial charge in [-0.25, -0.2) is 4.79 Å². The highest BCUT2D eigenvalue weighted by molar-refractivity contribution is 5.79. The Balaban J connectivity index is 2.30. The SMILES string of the molecule is C=C(C)N1Cc2cccc3[nH]c(=O)n(c23)CC1(C)C. The van der Waals surface area contributed by atoms with Crippen LogP contribution in [0.15, 0.2) is 35.3 Å². The van der Waals surface area contributed by atoms with Crippen molar-refractivity contribution in [2.75, 3.05) is 0 Å². The molecule has 0 saturated carbocycles. The van der Waals surface area contributed by atoms with Gasteiger partial charge in [0.25, 0.3) is 0 Å². The molecule has 2 heterocycles. The van der Waals surface area contributed by atoms with E-state index >= 15 is 0 Å². The third kappa shape index (κ3) is 1.70. The molecule has 1 aliphatic heterocycles. The number of benzene rings is 1. The zero-order valence-electron chi connectivity index (χ0n) is 11.7. The minimum Gasteiger partial charge on any atom is -0.364 e. The standard InChI is InChI=1S/C15H19N3O/c1-10(2)18-8-11-6-5-7-12-13(11)17(14(19)16-12)9-15(18,3)4/h5-7H,1,8-9H2,2-4H3,(H,16,19). The molecule has 1 aromatic heterocycles. The van der Waals surface area contributed by atoms with Gasteiger partial charge in [0.05, 0.1) is 23.1 Å². The Bertz CT molecular complexity index is 721. The van der Waals surface area contributed by atoms with Crippen LogP contribution in [0.25, 0.3) is 11.0 Å². The monoisotopic (exact) mass is 257 g/mol. The fourth-order valence-corrected chi connectivity index (χ4v) is 3.08. The number of allylic oxidation sites excluding steroid dienone is 1. The number of hydrogen-bond acceptors (Lipinski definition) is 2. The predicted octanol–water partition coefficient (Wildman–Crippen LogP) is 2.46. The first-order valence-corrected chi connectivity index (χ1v) is 6.54. The van der Waals surface area contributed by atoms with Crippen molar-refractivity contribution in [2.45, 2.75) is 39.4 Å². The van der Waals surface area contributed by atoms with E-state index in [9.17, 15) is 4.79 Å². The van der Waals surface area contributed by atoms with Gasteiger partial charge in [-0.1, -0.05) is 18.7 Å². The van der Waals surface area contributed by atoms with E-state index in [0.29, 0.717) is 6.54 Å². The van der Waals surface area contributed by atoms with Crippen LogP contribution in [0.3, 0.4) is 0 Å². The van der Waals surface area contributed by atoms with Gasteiger partial charge in [-0.3, -0.25) is 4.57 Å². The Labute approximate surface area is 112 Å². The predicted molar refractivity (Wildman–Crippen MR) is 77.0 cm³/mol. The number of imidazole rings is 1. The molecule has 1 N–H and O–H groups in total. The number of H-pyrrole nitrogens is 1. The molecule has 1 aromatic carbocycles. The molecule has 100 valence electrons. The molecule has 0 aliphatic carbocycles. The second-order valence-electron chi connectivity index (χ2n) is 5.96. The van der Waals surface area contributed by atoms with Gasteiger partial charge in [-0.05, 0) is 32.4 Å².